The molecule has 1 aliphatic rings. The highest BCUT2D eigenvalue weighted by atomic mass is 19.1. The fraction of sp³-hybridized carbons (Fsp3) is 0.296. The minimum Gasteiger partial charge on any atom is -0.445 e. The number of carbonyl (C=O) groups excluding carboxylic acids is 3. The molecular weight excluding hydrogens is 479 g/mol. The maximum atomic E-state index is 14.7. The average Bonchev–Trinajstić information content (AvgIpc) is 3.28. The van der Waals surface area contributed by atoms with Gasteiger partial charge < -0.3 is 20.3 Å². The van der Waals surface area contributed by atoms with Gasteiger partial charge in [0, 0.05) is 18.5 Å². The number of aromatic nitrogens is 1. The number of rotatable bonds is 7. The van der Waals surface area contributed by atoms with Crippen molar-refractivity contribution in [2.75, 3.05) is 6.54 Å². The summed E-state index contributed by atoms with van der Waals surface area (Å²) in [7, 11) is 0. The first-order valence-electron chi connectivity index (χ1n) is 11.8. The van der Waals surface area contributed by atoms with Crippen LogP contribution in [0.25, 0.3) is 11.3 Å². The standard InChI is InChI=1S/C27H25FN4O5/c1-16-21(23(32-37-16)22-19(14-29)10-5-11-20(22)28)25(34)36-27(26(30)35)12-6-7-17(13-27)15-31-24(33)18-8-3-2-4-9-18/h2-5,8-11,17H,6-7,12-13,15H2,1H3,(H2,30,35)(H,31,33). The molecule has 0 saturated heterocycles. The Hall–Kier alpha value is -4.52. The lowest BCUT2D eigenvalue weighted by atomic mass is 9.77. The van der Waals surface area contributed by atoms with Crippen molar-refractivity contribution in [3.63, 3.8) is 0 Å². The van der Waals surface area contributed by atoms with Crippen LogP contribution in [0.4, 0.5) is 4.39 Å². The van der Waals surface area contributed by atoms with Crippen LogP contribution in [-0.4, -0.2) is 35.1 Å². The highest BCUT2D eigenvalue weighted by molar-refractivity contribution is 6.00. The molecule has 1 saturated carbocycles. The van der Waals surface area contributed by atoms with Crippen molar-refractivity contribution >= 4 is 17.8 Å². The first-order chi connectivity index (χ1) is 17.8. The van der Waals surface area contributed by atoms with Gasteiger partial charge in [0.15, 0.2) is 5.60 Å². The van der Waals surface area contributed by atoms with Gasteiger partial charge in [0.2, 0.25) is 0 Å². The molecule has 3 N–H and O–H groups in total. The van der Waals surface area contributed by atoms with Crippen molar-refractivity contribution in [3.05, 3.63) is 76.8 Å². The zero-order valence-electron chi connectivity index (χ0n) is 20.1. The first-order valence-corrected chi connectivity index (χ1v) is 11.8. The molecule has 0 spiro atoms. The summed E-state index contributed by atoms with van der Waals surface area (Å²) in [5.41, 5.74) is 3.96. The van der Waals surface area contributed by atoms with E-state index in [1.807, 2.05) is 12.1 Å². The summed E-state index contributed by atoms with van der Waals surface area (Å²) < 4.78 is 25.5. The molecule has 1 fully saturated rings. The second-order valence-electron chi connectivity index (χ2n) is 9.02. The number of aryl methyl sites for hydroxylation is 1. The quantitative estimate of drug-likeness (QED) is 0.466. The molecule has 3 aromatic rings. The molecule has 9 nitrogen and oxygen atoms in total. The maximum absolute atomic E-state index is 14.7. The Kier molecular flexibility index (Phi) is 7.34. The number of nitrogens with one attached hydrogen (secondary N) is 1. The van der Waals surface area contributed by atoms with E-state index >= 15 is 0 Å². The van der Waals surface area contributed by atoms with Gasteiger partial charge in [-0.05, 0) is 56.4 Å². The summed E-state index contributed by atoms with van der Waals surface area (Å²) in [6.45, 7) is 1.71. The van der Waals surface area contributed by atoms with Crippen LogP contribution in [0.5, 0.6) is 0 Å². The molecular formula is C27H25FN4O5. The molecule has 190 valence electrons. The summed E-state index contributed by atoms with van der Waals surface area (Å²) in [4.78, 5) is 38.4. The third kappa shape index (κ3) is 5.21. The molecule has 2 aromatic carbocycles. The Labute approximate surface area is 212 Å². The predicted octanol–water partition coefficient (Wildman–Crippen LogP) is 3.66. The lowest BCUT2D eigenvalue weighted by Gasteiger charge is -2.37. The molecule has 1 aliphatic carbocycles. The first kappa shape index (κ1) is 25.6. The van der Waals surface area contributed by atoms with Crippen LogP contribution in [0.1, 0.15) is 57.7 Å². The number of hydrogen-bond donors (Lipinski definition) is 2. The van der Waals surface area contributed by atoms with E-state index < -0.39 is 23.3 Å². The van der Waals surface area contributed by atoms with Crippen molar-refractivity contribution in [3.8, 4) is 17.3 Å². The lowest BCUT2D eigenvalue weighted by Crippen LogP contribution is -2.52. The van der Waals surface area contributed by atoms with Crippen LogP contribution in [0.2, 0.25) is 0 Å². The number of nitriles is 1. The Morgan fingerprint density at radius 2 is 2.00 bits per heavy atom. The largest absolute Gasteiger partial charge is 0.445 e. The summed E-state index contributed by atoms with van der Waals surface area (Å²) in [6, 6.07) is 14.5. The third-order valence-electron chi connectivity index (χ3n) is 6.57. The van der Waals surface area contributed by atoms with Crippen molar-refractivity contribution in [1.82, 2.24) is 10.5 Å². The summed E-state index contributed by atoms with van der Waals surface area (Å²) in [5.74, 6) is -2.95. The molecule has 0 bridgehead atoms. The van der Waals surface area contributed by atoms with E-state index in [0.29, 0.717) is 18.4 Å². The van der Waals surface area contributed by atoms with E-state index in [1.165, 1.54) is 19.1 Å². The second kappa shape index (κ2) is 10.6. The molecule has 37 heavy (non-hydrogen) atoms. The average molecular weight is 505 g/mol. The normalized spacial score (nSPS) is 19.0. The van der Waals surface area contributed by atoms with Crippen LogP contribution < -0.4 is 11.1 Å². The Balaban J connectivity index is 1.56. The van der Waals surface area contributed by atoms with Crippen LogP contribution in [0.3, 0.4) is 0 Å². The minimum atomic E-state index is -1.63. The van der Waals surface area contributed by atoms with Crippen LogP contribution in [0, 0.1) is 30.0 Å². The molecule has 2 atom stereocenters. The van der Waals surface area contributed by atoms with Crippen molar-refractivity contribution in [2.45, 2.75) is 38.2 Å². The lowest BCUT2D eigenvalue weighted by molar-refractivity contribution is -0.142. The van der Waals surface area contributed by atoms with Gasteiger partial charge in [0.05, 0.1) is 17.2 Å². The number of amides is 2. The van der Waals surface area contributed by atoms with Crippen molar-refractivity contribution in [2.24, 2.45) is 11.7 Å². The van der Waals surface area contributed by atoms with E-state index in [0.717, 1.165) is 6.07 Å². The summed E-state index contributed by atoms with van der Waals surface area (Å²) >= 11 is 0. The topological polar surface area (TPSA) is 148 Å². The summed E-state index contributed by atoms with van der Waals surface area (Å²) in [6.07, 6.45) is 1.52. The number of carbonyl (C=O) groups is 3. The van der Waals surface area contributed by atoms with Gasteiger partial charge in [-0.3, -0.25) is 9.59 Å². The van der Waals surface area contributed by atoms with Gasteiger partial charge >= 0.3 is 5.97 Å². The molecule has 10 heteroatoms. The molecule has 0 aliphatic heterocycles. The predicted molar refractivity (Wildman–Crippen MR) is 129 cm³/mol. The highest BCUT2D eigenvalue weighted by Crippen LogP contribution is 2.38. The molecule has 1 aromatic heterocycles. The SMILES string of the molecule is Cc1onc(-c2c(F)cccc2C#N)c1C(=O)OC1(C(N)=O)CCCC(CNC(=O)c2ccccc2)C1. The Morgan fingerprint density at radius 3 is 2.70 bits per heavy atom. The van der Waals surface area contributed by atoms with E-state index in [1.54, 1.807) is 24.3 Å². The fourth-order valence-corrected chi connectivity index (χ4v) is 4.69. The second-order valence-corrected chi connectivity index (χ2v) is 9.02. The molecule has 0 radical (unpaired) electrons. The monoisotopic (exact) mass is 504 g/mol. The van der Waals surface area contributed by atoms with E-state index in [-0.39, 0.29) is 59.4 Å². The van der Waals surface area contributed by atoms with Gasteiger partial charge in [0.1, 0.15) is 22.8 Å². The zero-order valence-corrected chi connectivity index (χ0v) is 20.1. The number of ether oxygens (including phenoxy) is 1. The summed E-state index contributed by atoms with van der Waals surface area (Å²) in [5, 5.41) is 16.1. The number of halogens is 1. The maximum Gasteiger partial charge on any atom is 0.345 e. The minimum absolute atomic E-state index is 0.0363. The highest BCUT2D eigenvalue weighted by Gasteiger charge is 2.46. The molecule has 2 amide bonds. The van der Waals surface area contributed by atoms with E-state index in [4.69, 9.17) is 15.0 Å². The number of primary amides is 1. The number of nitrogens with zero attached hydrogens (tertiary/aromatic N) is 2. The van der Waals surface area contributed by atoms with E-state index in [9.17, 15) is 24.0 Å². The van der Waals surface area contributed by atoms with Gasteiger partial charge in [-0.15, -0.1) is 0 Å². The van der Waals surface area contributed by atoms with Crippen LogP contribution in [-0.2, 0) is 9.53 Å². The smallest absolute Gasteiger partial charge is 0.345 e. The Morgan fingerprint density at radius 1 is 1.24 bits per heavy atom. The number of nitrogens with two attached hydrogens (primary N) is 1. The van der Waals surface area contributed by atoms with Crippen LogP contribution in [0.15, 0.2) is 53.1 Å². The van der Waals surface area contributed by atoms with Crippen molar-refractivity contribution < 1.29 is 28.0 Å². The molecule has 4 rings (SSSR count). The molecule has 2 unspecified atom stereocenters. The molecule has 1 heterocycles. The number of esters is 1. The van der Waals surface area contributed by atoms with Gasteiger partial charge in [-0.25, -0.2) is 9.18 Å². The van der Waals surface area contributed by atoms with Gasteiger partial charge in [-0.1, -0.05) is 29.4 Å². The van der Waals surface area contributed by atoms with Gasteiger partial charge in [-0.2, -0.15) is 5.26 Å². The Bertz CT molecular complexity index is 1380. The fourth-order valence-electron chi connectivity index (χ4n) is 4.69. The number of hydrogen-bond acceptors (Lipinski definition) is 7. The van der Waals surface area contributed by atoms with Crippen molar-refractivity contribution in [1.29, 1.82) is 5.26 Å². The number of benzene rings is 2. The van der Waals surface area contributed by atoms with Crippen LogP contribution >= 0.6 is 0 Å². The van der Waals surface area contributed by atoms with E-state index in [2.05, 4.69) is 10.5 Å². The van der Waals surface area contributed by atoms with Gasteiger partial charge in [0.25, 0.3) is 11.8 Å². The zero-order chi connectivity index (χ0) is 26.6. The third-order valence-corrected chi connectivity index (χ3v) is 6.57.